The zero-order chi connectivity index (χ0) is 12.0. The topological polar surface area (TPSA) is 64.4 Å². The highest BCUT2D eigenvalue weighted by atomic mass is 16.6. The summed E-state index contributed by atoms with van der Waals surface area (Å²) >= 11 is 0. The lowest BCUT2D eigenvalue weighted by Gasteiger charge is -2.07. The Balaban J connectivity index is 2.62. The fourth-order valence-corrected chi connectivity index (χ4v) is 1.33. The minimum atomic E-state index is -0.413. The lowest BCUT2D eigenvalue weighted by molar-refractivity contribution is -0.385. The molecule has 88 valence electrons. The Morgan fingerprint density at radius 3 is 2.81 bits per heavy atom. The largest absolute Gasteiger partial charge is 0.492 e. The number of ether oxygens (including phenoxy) is 1. The van der Waals surface area contributed by atoms with Gasteiger partial charge in [0.2, 0.25) is 0 Å². The van der Waals surface area contributed by atoms with Gasteiger partial charge in [0.1, 0.15) is 12.4 Å². The van der Waals surface area contributed by atoms with Crippen LogP contribution in [0.2, 0.25) is 0 Å². The summed E-state index contributed by atoms with van der Waals surface area (Å²) in [6.45, 7) is 5.95. The fraction of sp³-hybridized carbons (Fsp3) is 0.455. The average molecular weight is 224 g/mol. The van der Waals surface area contributed by atoms with Gasteiger partial charge in [-0.1, -0.05) is 6.92 Å². The summed E-state index contributed by atoms with van der Waals surface area (Å²) in [5, 5.41) is 13.7. The van der Waals surface area contributed by atoms with Gasteiger partial charge in [0.05, 0.1) is 11.0 Å². The summed E-state index contributed by atoms with van der Waals surface area (Å²) in [7, 11) is 0. The molecule has 0 atom stereocenters. The molecule has 16 heavy (non-hydrogen) atoms. The molecule has 0 aliphatic carbocycles. The number of benzene rings is 1. The van der Waals surface area contributed by atoms with E-state index in [0.29, 0.717) is 12.4 Å². The highest BCUT2D eigenvalue weighted by Crippen LogP contribution is 2.22. The van der Waals surface area contributed by atoms with Gasteiger partial charge in [0, 0.05) is 12.6 Å². The van der Waals surface area contributed by atoms with Gasteiger partial charge in [0.15, 0.2) is 0 Å². The maximum Gasteiger partial charge on any atom is 0.273 e. The van der Waals surface area contributed by atoms with Gasteiger partial charge in [-0.25, -0.2) is 0 Å². The molecular weight excluding hydrogens is 208 g/mol. The van der Waals surface area contributed by atoms with E-state index >= 15 is 0 Å². The summed E-state index contributed by atoms with van der Waals surface area (Å²) in [5.74, 6) is 0.546. The van der Waals surface area contributed by atoms with Gasteiger partial charge in [-0.15, -0.1) is 0 Å². The lowest BCUT2D eigenvalue weighted by Crippen LogP contribution is -2.20. The molecule has 0 saturated carbocycles. The molecule has 0 aliphatic heterocycles. The second-order valence-corrected chi connectivity index (χ2v) is 3.46. The Hall–Kier alpha value is -1.62. The first kappa shape index (κ1) is 12.4. The number of hydrogen-bond donors (Lipinski definition) is 1. The summed E-state index contributed by atoms with van der Waals surface area (Å²) in [6, 6.07) is 4.76. The molecule has 0 amide bonds. The van der Waals surface area contributed by atoms with Crippen molar-refractivity contribution in [3.05, 3.63) is 33.9 Å². The first-order valence-corrected chi connectivity index (χ1v) is 5.23. The first-order valence-electron chi connectivity index (χ1n) is 5.23. The third-order valence-corrected chi connectivity index (χ3v) is 2.04. The molecule has 1 aromatic rings. The van der Waals surface area contributed by atoms with E-state index in [1.165, 1.54) is 12.1 Å². The van der Waals surface area contributed by atoms with Crippen molar-refractivity contribution in [2.24, 2.45) is 0 Å². The van der Waals surface area contributed by atoms with Crippen molar-refractivity contribution in [3.63, 3.8) is 0 Å². The third-order valence-electron chi connectivity index (χ3n) is 2.04. The van der Waals surface area contributed by atoms with Crippen LogP contribution in [0.3, 0.4) is 0 Å². The number of nitro groups is 1. The van der Waals surface area contributed by atoms with Crippen molar-refractivity contribution in [3.8, 4) is 5.75 Å². The van der Waals surface area contributed by atoms with Crippen LogP contribution in [-0.4, -0.2) is 24.6 Å². The molecule has 1 aromatic carbocycles. The van der Waals surface area contributed by atoms with E-state index in [1.807, 2.05) is 13.8 Å². The molecule has 0 unspecified atom stereocenters. The number of non-ortho nitro benzene ring substituents is 1. The first-order chi connectivity index (χ1) is 7.63. The van der Waals surface area contributed by atoms with Gasteiger partial charge < -0.3 is 10.1 Å². The minimum absolute atomic E-state index is 0.0680. The number of rotatable bonds is 6. The number of nitrogens with zero attached hydrogens (tertiary/aromatic N) is 1. The van der Waals surface area contributed by atoms with E-state index in [1.54, 1.807) is 6.07 Å². The summed E-state index contributed by atoms with van der Waals surface area (Å²) in [6.07, 6.45) is 0. The van der Waals surface area contributed by atoms with E-state index in [9.17, 15) is 10.1 Å². The van der Waals surface area contributed by atoms with E-state index in [4.69, 9.17) is 4.74 Å². The normalized spacial score (nSPS) is 10.1. The van der Waals surface area contributed by atoms with Gasteiger partial charge in [-0.05, 0) is 25.1 Å². The molecule has 0 saturated heterocycles. The smallest absolute Gasteiger partial charge is 0.273 e. The molecule has 0 fully saturated rings. The Kier molecular flexibility index (Phi) is 4.72. The minimum Gasteiger partial charge on any atom is -0.492 e. The number of likely N-dealkylation sites (N-methyl/N-ethyl adjacent to an activating group) is 1. The zero-order valence-electron chi connectivity index (χ0n) is 9.53. The van der Waals surface area contributed by atoms with Crippen LogP contribution < -0.4 is 10.1 Å². The van der Waals surface area contributed by atoms with Crippen LogP contribution in [0.15, 0.2) is 18.2 Å². The van der Waals surface area contributed by atoms with Crippen LogP contribution in [-0.2, 0) is 0 Å². The quantitative estimate of drug-likeness (QED) is 0.455. The monoisotopic (exact) mass is 224 g/mol. The lowest BCUT2D eigenvalue weighted by atomic mass is 10.2. The van der Waals surface area contributed by atoms with Crippen molar-refractivity contribution in [2.45, 2.75) is 13.8 Å². The van der Waals surface area contributed by atoms with Gasteiger partial charge >= 0.3 is 0 Å². The molecule has 0 spiro atoms. The maximum atomic E-state index is 10.6. The van der Waals surface area contributed by atoms with Crippen LogP contribution in [0.25, 0.3) is 0 Å². The molecule has 5 heteroatoms. The standard InChI is InChI=1S/C11H16N2O3/c1-3-12-4-5-16-11-7-9(2)6-10(8-11)13(14)15/h6-8,12H,3-5H2,1-2H3. The Morgan fingerprint density at radius 2 is 2.19 bits per heavy atom. The molecular formula is C11H16N2O3. The van der Waals surface area contributed by atoms with Gasteiger partial charge in [-0.3, -0.25) is 10.1 Å². The van der Waals surface area contributed by atoms with Crippen LogP contribution in [0.4, 0.5) is 5.69 Å². The fourth-order valence-electron chi connectivity index (χ4n) is 1.33. The van der Waals surface area contributed by atoms with Crippen LogP contribution in [0, 0.1) is 17.0 Å². The second-order valence-electron chi connectivity index (χ2n) is 3.46. The second kappa shape index (κ2) is 6.07. The predicted molar refractivity (Wildman–Crippen MR) is 61.9 cm³/mol. The molecule has 0 aromatic heterocycles. The summed E-state index contributed by atoms with van der Waals surface area (Å²) in [5.41, 5.74) is 0.895. The van der Waals surface area contributed by atoms with E-state index in [0.717, 1.165) is 18.7 Å². The van der Waals surface area contributed by atoms with E-state index in [-0.39, 0.29) is 5.69 Å². The molecule has 0 aliphatic rings. The van der Waals surface area contributed by atoms with Crippen LogP contribution >= 0.6 is 0 Å². The number of aryl methyl sites for hydroxylation is 1. The van der Waals surface area contributed by atoms with Gasteiger partial charge in [-0.2, -0.15) is 0 Å². The van der Waals surface area contributed by atoms with Crippen LogP contribution in [0.5, 0.6) is 5.75 Å². The Morgan fingerprint density at radius 1 is 1.44 bits per heavy atom. The highest BCUT2D eigenvalue weighted by molar-refractivity contribution is 5.42. The molecule has 0 radical (unpaired) electrons. The van der Waals surface area contributed by atoms with Crippen molar-refractivity contribution in [1.82, 2.24) is 5.32 Å². The predicted octanol–water partition coefficient (Wildman–Crippen LogP) is 1.89. The van der Waals surface area contributed by atoms with Crippen LogP contribution in [0.1, 0.15) is 12.5 Å². The Labute approximate surface area is 94.6 Å². The van der Waals surface area contributed by atoms with Crippen molar-refractivity contribution < 1.29 is 9.66 Å². The number of nitro benzene ring substituents is 1. The number of nitrogens with one attached hydrogen (secondary N) is 1. The summed E-state index contributed by atoms with van der Waals surface area (Å²) < 4.78 is 5.41. The summed E-state index contributed by atoms with van der Waals surface area (Å²) in [4.78, 5) is 10.2. The molecule has 1 rings (SSSR count). The van der Waals surface area contributed by atoms with Crippen molar-refractivity contribution >= 4 is 5.69 Å². The molecule has 0 heterocycles. The zero-order valence-corrected chi connectivity index (χ0v) is 9.53. The van der Waals surface area contributed by atoms with Crippen molar-refractivity contribution in [1.29, 1.82) is 0 Å². The third kappa shape index (κ3) is 3.86. The Bertz CT molecular complexity index is 366. The SMILES string of the molecule is CCNCCOc1cc(C)cc([N+](=O)[O-])c1. The van der Waals surface area contributed by atoms with Crippen molar-refractivity contribution in [2.75, 3.05) is 19.7 Å². The molecule has 0 bridgehead atoms. The average Bonchev–Trinajstić information content (AvgIpc) is 2.23. The molecule has 1 N–H and O–H groups in total. The molecule has 5 nitrogen and oxygen atoms in total. The number of hydrogen-bond acceptors (Lipinski definition) is 4. The van der Waals surface area contributed by atoms with E-state index in [2.05, 4.69) is 5.32 Å². The van der Waals surface area contributed by atoms with E-state index < -0.39 is 4.92 Å². The van der Waals surface area contributed by atoms with Gasteiger partial charge in [0.25, 0.3) is 5.69 Å². The maximum absolute atomic E-state index is 10.6. The highest BCUT2D eigenvalue weighted by Gasteiger charge is 2.08.